The summed E-state index contributed by atoms with van der Waals surface area (Å²) in [6, 6.07) is 3.04. The first kappa shape index (κ1) is 24.4. The average Bonchev–Trinajstić information content (AvgIpc) is 3.24. The number of methoxy groups -OCH3 is 1. The van der Waals surface area contributed by atoms with Crippen LogP contribution in [0.2, 0.25) is 0 Å². The molecule has 1 aromatic rings. The van der Waals surface area contributed by atoms with Gasteiger partial charge in [-0.2, -0.15) is 0 Å². The molecule has 2 aliphatic heterocycles. The number of amides is 1. The molecule has 9 nitrogen and oxygen atoms in total. The van der Waals surface area contributed by atoms with Gasteiger partial charge >= 0.3 is 5.97 Å². The molecular weight excluding hydrogens is 414 g/mol. The van der Waals surface area contributed by atoms with Gasteiger partial charge in [0.05, 0.1) is 39.4 Å². The summed E-state index contributed by atoms with van der Waals surface area (Å²) >= 11 is 0. The first-order chi connectivity index (χ1) is 15.4. The van der Waals surface area contributed by atoms with Crippen molar-refractivity contribution in [2.75, 3.05) is 46.6 Å². The first-order valence-electron chi connectivity index (χ1n) is 11.4. The molecule has 2 fully saturated rings. The van der Waals surface area contributed by atoms with Gasteiger partial charge in [-0.25, -0.2) is 4.98 Å². The Hall–Kier alpha value is -2.23. The number of pyridine rings is 1. The van der Waals surface area contributed by atoms with Gasteiger partial charge in [0.1, 0.15) is 0 Å². The van der Waals surface area contributed by atoms with Crippen LogP contribution < -0.4 is 10.1 Å². The third kappa shape index (κ3) is 6.88. The molecule has 9 heteroatoms. The summed E-state index contributed by atoms with van der Waals surface area (Å²) < 4.78 is 21.6. The van der Waals surface area contributed by atoms with Crippen LogP contribution in [0.4, 0.5) is 0 Å². The lowest BCUT2D eigenvalue weighted by molar-refractivity contribution is -0.150. The van der Waals surface area contributed by atoms with E-state index in [-0.39, 0.29) is 24.2 Å². The molecule has 2 saturated heterocycles. The van der Waals surface area contributed by atoms with Gasteiger partial charge in [0, 0.05) is 31.1 Å². The minimum Gasteiger partial charge on any atom is -0.481 e. The van der Waals surface area contributed by atoms with Crippen LogP contribution >= 0.6 is 0 Å². The fourth-order valence-electron chi connectivity index (χ4n) is 4.13. The van der Waals surface area contributed by atoms with Gasteiger partial charge in [0.15, 0.2) is 5.79 Å². The summed E-state index contributed by atoms with van der Waals surface area (Å²) in [4.78, 5) is 31.7. The van der Waals surface area contributed by atoms with Crippen molar-refractivity contribution in [1.82, 2.24) is 15.2 Å². The molecule has 0 saturated carbocycles. The molecule has 0 spiro atoms. The quantitative estimate of drug-likeness (QED) is 0.542. The Morgan fingerprint density at radius 1 is 1.28 bits per heavy atom. The first-order valence-corrected chi connectivity index (χ1v) is 11.4. The Bertz CT molecular complexity index is 743. The second-order valence-electron chi connectivity index (χ2n) is 8.40. The van der Waals surface area contributed by atoms with Crippen LogP contribution in [0.1, 0.15) is 51.1 Å². The van der Waals surface area contributed by atoms with Crippen LogP contribution in [0.3, 0.4) is 0 Å². The predicted molar refractivity (Wildman–Crippen MR) is 117 cm³/mol. The number of nitrogens with one attached hydrogen (secondary N) is 1. The fraction of sp³-hybridized carbons (Fsp3) is 0.696. The molecule has 0 aliphatic carbocycles. The molecular formula is C23H35N3O6. The van der Waals surface area contributed by atoms with Crippen LogP contribution in [-0.2, 0) is 23.8 Å². The van der Waals surface area contributed by atoms with Gasteiger partial charge in [-0.3, -0.25) is 9.59 Å². The number of rotatable bonds is 10. The SMILES string of the molecule is CCOC(=O)C[C@H](NC(=O)C1CCN(CCC2(C)OCCO2)CC1)c1ccc(OC)nc1. The Morgan fingerprint density at radius 3 is 2.59 bits per heavy atom. The standard InChI is InChI=1S/C23H35N3O6/c1-4-30-21(27)15-19(18-5-6-20(29-3)24-16-18)25-22(28)17-7-10-26(11-8-17)12-9-23(2)31-13-14-32-23/h5-6,16-17,19H,4,7-15H2,1-3H3,(H,25,28)/t19-/m0/s1. The number of likely N-dealkylation sites (tertiary alicyclic amines) is 1. The van der Waals surface area contributed by atoms with E-state index in [1.807, 2.05) is 13.0 Å². The number of carbonyl (C=O) groups excluding carboxylic acids is 2. The van der Waals surface area contributed by atoms with Gasteiger partial charge in [0.2, 0.25) is 11.8 Å². The molecule has 3 rings (SSSR count). The van der Waals surface area contributed by atoms with Crippen molar-refractivity contribution in [3.8, 4) is 5.88 Å². The van der Waals surface area contributed by atoms with E-state index in [0.717, 1.165) is 44.5 Å². The number of esters is 1. The summed E-state index contributed by atoms with van der Waals surface area (Å²) in [7, 11) is 1.54. The molecule has 0 unspecified atom stereocenters. The van der Waals surface area contributed by atoms with Crippen molar-refractivity contribution in [2.24, 2.45) is 5.92 Å². The lowest BCUT2D eigenvalue weighted by Gasteiger charge is -2.34. The minimum absolute atomic E-state index is 0.0378. The molecule has 0 aromatic carbocycles. The van der Waals surface area contributed by atoms with Gasteiger partial charge in [-0.1, -0.05) is 6.07 Å². The van der Waals surface area contributed by atoms with Gasteiger partial charge in [0.25, 0.3) is 0 Å². The number of carbonyl (C=O) groups is 2. The number of nitrogens with zero attached hydrogens (tertiary/aromatic N) is 2. The highest BCUT2D eigenvalue weighted by atomic mass is 16.7. The second-order valence-corrected chi connectivity index (χ2v) is 8.40. The highest BCUT2D eigenvalue weighted by Gasteiger charge is 2.33. The monoisotopic (exact) mass is 449 g/mol. The zero-order valence-corrected chi connectivity index (χ0v) is 19.3. The van der Waals surface area contributed by atoms with E-state index in [4.69, 9.17) is 18.9 Å². The van der Waals surface area contributed by atoms with Crippen LogP contribution in [-0.4, -0.2) is 74.1 Å². The summed E-state index contributed by atoms with van der Waals surface area (Å²) in [6.07, 6.45) is 4.05. The topological polar surface area (TPSA) is 99.2 Å². The molecule has 0 bridgehead atoms. The summed E-state index contributed by atoms with van der Waals surface area (Å²) in [6.45, 7) is 7.92. The van der Waals surface area contributed by atoms with Crippen molar-refractivity contribution >= 4 is 11.9 Å². The van der Waals surface area contributed by atoms with Crippen molar-refractivity contribution in [3.63, 3.8) is 0 Å². The van der Waals surface area contributed by atoms with E-state index in [1.54, 1.807) is 26.3 Å². The Balaban J connectivity index is 1.53. The van der Waals surface area contributed by atoms with Gasteiger partial charge in [-0.05, 0) is 45.3 Å². The Morgan fingerprint density at radius 2 is 2.00 bits per heavy atom. The van der Waals surface area contributed by atoms with E-state index >= 15 is 0 Å². The average molecular weight is 450 g/mol. The number of ether oxygens (including phenoxy) is 4. The summed E-state index contributed by atoms with van der Waals surface area (Å²) in [5.74, 6) is -0.486. The maximum absolute atomic E-state index is 13.0. The van der Waals surface area contributed by atoms with E-state index in [0.29, 0.717) is 25.7 Å². The smallest absolute Gasteiger partial charge is 0.308 e. The summed E-state index contributed by atoms with van der Waals surface area (Å²) in [5, 5.41) is 3.05. The predicted octanol–water partition coefficient (Wildman–Crippen LogP) is 2.07. The van der Waals surface area contributed by atoms with Crippen LogP contribution in [0.5, 0.6) is 5.88 Å². The van der Waals surface area contributed by atoms with Crippen LogP contribution in [0.25, 0.3) is 0 Å². The molecule has 2 aliphatic rings. The van der Waals surface area contributed by atoms with Crippen LogP contribution in [0, 0.1) is 5.92 Å². The fourth-order valence-corrected chi connectivity index (χ4v) is 4.13. The molecule has 1 N–H and O–H groups in total. The summed E-state index contributed by atoms with van der Waals surface area (Å²) in [5.41, 5.74) is 0.745. The molecule has 1 aromatic heterocycles. The zero-order chi connectivity index (χ0) is 23.0. The molecule has 1 atom stereocenters. The number of aromatic nitrogens is 1. The van der Waals surface area contributed by atoms with E-state index in [2.05, 4.69) is 15.2 Å². The van der Waals surface area contributed by atoms with Gasteiger partial charge in [-0.15, -0.1) is 0 Å². The molecule has 1 amide bonds. The third-order valence-corrected chi connectivity index (χ3v) is 6.10. The van der Waals surface area contributed by atoms with E-state index in [9.17, 15) is 9.59 Å². The molecule has 32 heavy (non-hydrogen) atoms. The van der Waals surface area contributed by atoms with Crippen molar-refractivity contribution in [2.45, 2.75) is 51.4 Å². The maximum atomic E-state index is 13.0. The molecule has 178 valence electrons. The third-order valence-electron chi connectivity index (χ3n) is 6.10. The van der Waals surface area contributed by atoms with Crippen LogP contribution in [0.15, 0.2) is 18.3 Å². The normalized spacial score (nSPS) is 20.0. The Kier molecular flexibility index (Phi) is 8.84. The van der Waals surface area contributed by atoms with Gasteiger partial charge < -0.3 is 29.2 Å². The highest BCUT2D eigenvalue weighted by Crippen LogP contribution is 2.26. The van der Waals surface area contributed by atoms with Crippen molar-refractivity contribution in [1.29, 1.82) is 0 Å². The molecule has 0 radical (unpaired) electrons. The minimum atomic E-state index is -0.491. The van der Waals surface area contributed by atoms with E-state index in [1.165, 1.54) is 0 Å². The zero-order valence-electron chi connectivity index (χ0n) is 19.3. The Labute approximate surface area is 189 Å². The number of hydrogen-bond acceptors (Lipinski definition) is 8. The van der Waals surface area contributed by atoms with E-state index < -0.39 is 11.8 Å². The molecule has 3 heterocycles. The second kappa shape index (κ2) is 11.6. The number of piperidine rings is 1. The van der Waals surface area contributed by atoms with Crippen molar-refractivity contribution < 1.29 is 28.5 Å². The lowest BCUT2D eigenvalue weighted by atomic mass is 9.94. The lowest BCUT2D eigenvalue weighted by Crippen LogP contribution is -2.43. The van der Waals surface area contributed by atoms with Crippen molar-refractivity contribution in [3.05, 3.63) is 23.9 Å². The largest absolute Gasteiger partial charge is 0.481 e. The highest BCUT2D eigenvalue weighted by molar-refractivity contribution is 5.80. The number of hydrogen-bond donors (Lipinski definition) is 1. The maximum Gasteiger partial charge on any atom is 0.308 e.